The van der Waals surface area contributed by atoms with Gasteiger partial charge in [-0.1, -0.05) is 0 Å². The molecule has 162 valence electrons. The number of fused-ring (bicyclic) bond motifs is 4. The molecule has 0 N–H and O–H groups in total. The molecule has 0 radical (unpaired) electrons. The van der Waals surface area contributed by atoms with Crippen LogP contribution in [-0.2, 0) is 35.7 Å². The van der Waals surface area contributed by atoms with Crippen molar-refractivity contribution < 1.29 is 32.3 Å². The van der Waals surface area contributed by atoms with Crippen LogP contribution >= 0.6 is 0 Å². The molecule has 0 fully saturated rings. The van der Waals surface area contributed by atoms with E-state index in [4.69, 9.17) is 0 Å². The standard InChI is InChI=1S/C21H18N.C7H9.2FH.Hf/c1-2-8-16-14-17(13-15(16)7-1)22-20-11-5-3-9-18(20)19-10-4-6-12-21(19)22;1-6-4-3-5-7(6)2;;;/h1-3,5,7-9,11,13-14H,4,6,10,12H2;4H,3H2,1-2H3;2*1H;/q;;;;+2/p-2. The molecule has 0 bridgehead atoms. The molecule has 1 unspecified atom stereocenters. The van der Waals surface area contributed by atoms with E-state index in [1.54, 1.807) is 28.1 Å². The summed E-state index contributed by atoms with van der Waals surface area (Å²) in [4.78, 5) is 0. The molecule has 1 heterocycles. The first-order valence-corrected chi connectivity index (χ1v) is 15.1. The smallest absolute Gasteiger partial charge is 1.00 e. The molecule has 0 spiro atoms. The number of hydrogen-bond donors (Lipinski definition) is 0. The summed E-state index contributed by atoms with van der Waals surface area (Å²) in [6, 6.07) is 18.3. The van der Waals surface area contributed by atoms with E-state index >= 15 is 0 Å². The second-order valence-electron chi connectivity index (χ2n) is 8.96. The molecule has 3 aliphatic rings. The van der Waals surface area contributed by atoms with Gasteiger partial charge in [0.15, 0.2) is 0 Å². The Labute approximate surface area is 200 Å². The van der Waals surface area contributed by atoms with Gasteiger partial charge in [-0.15, -0.1) is 0 Å². The van der Waals surface area contributed by atoms with Crippen molar-refractivity contribution in [1.29, 1.82) is 0 Å². The van der Waals surface area contributed by atoms with Gasteiger partial charge in [0.2, 0.25) is 0 Å². The zero-order valence-corrected chi connectivity index (χ0v) is 22.2. The summed E-state index contributed by atoms with van der Waals surface area (Å²) in [5.41, 5.74) is 12.4. The Hall–Kier alpha value is -2.07. The number of aromatic nitrogens is 1. The van der Waals surface area contributed by atoms with Crippen LogP contribution in [0.5, 0.6) is 0 Å². The summed E-state index contributed by atoms with van der Waals surface area (Å²) >= 11 is -1.08. The van der Waals surface area contributed by atoms with E-state index in [0.29, 0.717) is 3.67 Å². The number of nitrogens with zero attached hydrogens (tertiary/aromatic N) is 1. The van der Waals surface area contributed by atoms with E-state index < -0.39 is 22.9 Å². The normalized spacial score (nSPS) is 18.9. The largest absolute Gasteiger partial charge is 1.00 e. The average Bonchev–Trinajstić information content (AvgIpc) is 3.41. The Morgan fingerprint density at radius 2 is 1.66 bits per heavy atom. The van der Waals surface area contributed by atoms with E-state index in [9.17, 15) is 0 Å². The molecular formula is C28H27F2HfN. The van der Waals surface area contributed by atoms with Crippen LogP contribution < -0.4 is 9.41 Å². The van der Waals surface area contributed by atoms with Crippen molar-refractivity contribution in [3.63, 3.8) is 0 Å². The molecule has 1 atom stereocenters. The van der Waals surface area contributed by atoms with Gasteiger partial charge in [0, 0.05) is 0 Å². The molecule has 1 nitrogen and oxygen atoms in total. The minimum atomic E-state index is -1.08. The van der Waals surface area contributed by atoms with E-state index in [2.05, 4.69) is 79.1 Å². The third-order valence-electron chi connectivity index (χ3n) is 7.32. The summed E-state index contributed by atoms with van der Waals surface area (Å²) in [5, 5.41) is 1.49. The van der Waals surface area contributed by atoms with Gasteiger partial charge in [0.25, 0.3) is 0 Å². The summed E-state index contributed by atoms with van der Waals surface area (Å²) in [6.07, 6.45) is 11.3. The predicted molar refractivity (Wildman–Crippen MR) is 123 cm³/mol. The van der Waals surface area contributed by atoms with Crippen LogP contribution in [-0.4, -0.2) is 4.57 Å². The molecule has 0 amide bonds. The molecule has 2 aromatic carbocycles. The molecule has 3 aromatic rings. The molecule has 32 heavy (non-hydrogen) atoms. The van der Waals surface area contributed by atoms with Crippen molar-refractivity contribution in [2.75, 3.05) is 0 Å². The van der Waals surface area contributed by atoms with Crippen LogP contribution in [0.15, 0.2) is 69.1 Å². The first-order chi connectivity index (χ1) is 14.7. The van der Waals surface area contributed by atoms with Crippen LogP contribution in [0.1, 0.15) is 59.2 Å². The molecule has 0 saturated carbocycles. The van der Waals surface area contributed by atoms with E-state index in [1.165, 1.54) is 54.1 Å². The fourth-order valence-corrected chi connectivity index (χ4v) is 11.9. The summed E-state index contributed by atoms with van der Waals surface area (Å²) in [5.74, 6) is 0. The molecule has 0 saturated heterocycles. The Morgan fingerprint density at radius 3 is 2.47 bits per heavy atom. The quantitative estimate of drug-likeness (QED) is 0.404. The Kier molecular flexibility index (Phi) is 6.53. The van der Waals surface area contributed by atoms with Crippen molar-refractivity contribution in [2.45, 2.75) is 49.6 Å². The van der Waals surface area contributed by atoms with Gasteiger partial charge in [-0.2, -0.15) is 0 Å². The Morgan fingerprint density at radius 1 is 0.906 bits per heavy atom. The number of allylic oxidation sites excluding steroid dienone is 5. The topological polar surface area (TPSA) is 4.93 Å². The van der Waals surface area contributed by atoms with Gasteiger partial charge in [-0.3, -0.25) is 0 Å². The number of halogens is 2. The predicted octanol–water partition coefficient (Wildman–Crippen LogP) is 1.29. The van der Waals surface area contributed by atoms with Crippen molar-refractivity contribution in [1.82, 2.24) is 4.57 Å². The minimum absolute atomic E-state index is 0. The van der Waals surface area contributed by atoms with Gasteiger partial charge in [-0.25, -0.2) is 0 Å². The molecule has 6 rings (SSSR count). The molecule has 1 aromatic heterocycles. The van der Waals surface area contributed by atoms with Crippen molar-refractivity contribution in [3.8, 4) is 0 Å². The second-order valence-corrected chi connectivity index (χ2v) is 14.2. The third kappa shape index (κ3) is 3.51. The maximum atomic E-state index is 2.70. The Bertz CT molecular complexity index is 1280. The maximum absolute atomic E-state index is 2.70. The van der Waals surface area contributed by atoms with Crippen molar-refractivity contribution >= 4 is 22.7 Å². The molecule has 3 aliphatic carbocycles. The van der Waals surface area contributed by atoms with E-state index in [0.717, 1.165) is 0 Å². The van der Waals surface area contributed by atoms with Crippen LogP contribution in [0.3, 0.4) is 0 Å². The average molecular weight is 594 g/mol. The monoisotopic (exact) mass is 595 g/mol. The fraction of sp³-hybridized carbons (Fsp3) is 0.286. The van der Waals surface area contributed by atoms with Gasteiger partial charge < -0.3 is 9.41 Å². The van der Waals surface area contributed by atoms with Gasteiger partial charge in [0.1, 0.15) is 0 Å². The molecule has 0 aliphatic heterocycles. The second kappa shape index (κ2) is 9.05. The number of benzene rings is 2. The number of rotatable bonds is 3. The first-order valence-electron chi connectivity index (χ1n) is 11.3. The summed E-state index contributed by atoms with van der Waals surface area (Å²) in [6.45, 7) is 4.65. The Balaban J connectivity index is 0.00000122. The summed E-state index contributed by atoms with van der Waals surface area (Å²) < 4.78 is 5.14. The zero-order chi connectivity index (χ0) is 20.2. The third-order valence-corrected chi connectivity index (χ3v) is 13.9. The minimum Gasteiger partial charge on any atom is -1.00 e. The van der Waals surface area contributed by atoms with E-state index in [1.807, 2.05) is 3.33 Å². The molecular weight excluding hydrogens is 567 g/mol. The summed E-state index contributed by atoms with van der Waals surface area (Å²) in [7, 11) is 0. The van der Waals surface area contributed by atoms with E-state index in [-0.39, 0.29) is 9.41 Å². The number of aryl methyl sites for hydroxylation is 1. The van der Waals surface area contributed by atoms with Crippen molar-refractivity contribution in [2.24, 2.45) is 0 Å². The SMILES string of the molecule is CC1=CC[C]([Hf+2][CH]2C(n3c4c(c5ccccc53)CCCC4)=Cc3ccccc32)=C1C.[F-].[F-]. The van der Waals surface area contributed by atoms with Crippen LogP contribution in [0.25, 0.3) is 22.7 Å². The fourth-order valence-electron chi connectivity index (χ4n) is 5.58. The van der Waals surface area contributed by atoms with Crippen LogP contribution in [0, 0.1) is 0 Å². The molecule has 4 heteroatoms. The van der Waals surface area contributed by atoms with Gasteiger partial charge in [-0.05, 0) is 0 Å². The van der Waals surface area contributed by atoms with Gasteiger partial charge in [0.05, 0.1) is 0 Å². The van der Waals surface area contributed by atoms with Crippen LogP contribution in [0.4, 0.5) is 0 Å². The van der Waals surface area contributed by atoms with Gasteiger partial charge >= 0.3 is 191 Å². The maximum Gasteiger partial charge on any atom is -1.00 e. The number of para-hydroxylation sites is 1. The number of hydrogen-bond acceptors (Lipinski definition) is 0. The zero-order valence-electron chi connectivity index (χ0n) is 18.6. The first kappa shape index (κ1) is 23.1. The van der Waals surface area contributed by atoms with Crippen LogP contribution in [0.2, 0.25) is 0 Å². The van der Waals surface area contributed by atoms with Crippen molar-refractivity contribution in [3.05, 3.63) is 91.5 Å².